The zero-order valence-corrected chi connectivity index (χ0v) is 12.9. The summed E-state index contributed by atoms with van der Waals surface area (Å²) in [4.78, 5) is 11.3. The van der Waals surface area contributed by atoms with Crippen molar-refractivity contribution in [3.05, 3.63) is 23.7 Å². The minimum absolute atomic E-state index is 0.124. The van der Waals surface area contributed by atoms with E-state index in [1.165, 1.54) is 0 Å². The summed E-state index contributed by atoms with van der Waals surface area (Å²) in [7, 11) is 3.40. The molecule has 0 heterocycles. The van der Waals surface area contributed by atoms with E-state index in [2.05, 4.69) is 32.9 Å². The fourth-order valence-corrected chi connectivity index (χ4v) is 2.69. The molecular formula is C16H26O3. The first kappa shape index (κ1) is 15.8. The van der Waals surface area contributed by atoms with Gasteiger partial charge in [-0.25, -0.2) is 0 Å². The lowest BCUT2D eigenvalue weighted by Gasteiger charge is -2.31. The van der Waals surface area contributed by atoms with Crippen molar-refractivity contribution in [3.8, 4) is 0 Å². The number of allylic oxidation sites excluding steroid dienone is 2. The van der Waals surface area contributed by atoms with Crippen LogP contribution >= 0.6 is 0 Å². The molecule has 0 aromatic heterocycles. The highest BCUT2D eigenvalue weighted by molar-refractivity contribution is 5.75. The summed E-state index contributed by atoms with van der Waals surface area (Å²) in [6.07, 6.45) is 4.83. The van der Waals surface area contributed by atoms with Gasteiger partial charge < -0.3 is 14.3 Å². The summed E-state index contributed by atoms with van der Waals surface area (Å²) in [5.74, 6) is 3.20. The van der Waals surface area contributed by atoms with Crippen molar-refractivity contribution in [1.82, 2.24) is 0 Å². The van der Waals surface area contributed by atoms with Crippen LogP contribution in [0, 0.1) is 23.7 Å². The van der Waals surface area contributed by atoms with Gasteiger partial charge in [-0.15, -0.1) is 0 Å². The Bertz CT molecular complexity index is 379. The second-order valence-electron chi connectivity index (χ2n) is 5.73. The van der Waals surface area contributed by atoms with E-state index in [0.29, 0.717) is 12.3 Å². The van der Waals surface area contributed by atoms with E-state index in [1.54, 1.807) is 21.1 Å². The molecule has 0 radical (unpaired) electrons. The number of rotatable bonds is 6. The fraction of sp³-hybridized carbons (Fsp3) is 0.688. The highest BCUT2D eigenvalue weighted by Gasteiger charge is 2.31. The topological polar surface area (TPSA) is 35.5 Å². The van der Waals surface area contributed by atoms with Gasteiger partial charge in [-0.1, -0.05) is 20.8 Å². The number of hydrogen-bond acceptors (Lipinski definition) is 3. The average molecular weight is 266 g/mol. The molecule has 3 unspecified atom stereocenters. The molecule has 0 aromatic carbocycles. The zero-order valence-electron chi connectivity index (χ0n) is 12.9. The lowest BCUT2D eigenvalue weighted by Crippen LogP contribution is -2.24. The number of ether oxygens (including phenoxy) is 2. The van der Waals surface area contributed by atoms with Crippen LogP contribution in [0.5, 0.6) is 0 Å². The van der Waals surface area contributed by atoms with Crippen LogP contribution in [0.1, 0.15) is 34.1 Å². The van der Waals surface area contributed by atoms with Crippen molar-refractivity contribution in [2.45, 2.75) is 34.1 Å². The SMILES string of the molecule is COC1=CC(C(C)CC(C)=O)C(OC)=CC1C(C)C. The second-order valence-corrected chi connectivity index (χ2v) is 5.73. The van der Waals surface area contributed by atoms with Gasteiger partial charge in [0, 0.05) is 18.3 Å². The molecule has 0 fully saturated rings. The van der Waals surface area contributed by atoms with Gasteiger partial charge in [0.1, 0.15) is 5.78 Å². The molecule has 0 saturated carbocycles. The number of hydrogen-bond donors (Lipinski definition) is 0. The highest BCUT2D eigenvalue weighted by atomic mass is 16.5. The minimum atomic E-state index is 0.124. The summed E-state index contributed by atoms with van der Waals surface area (Å²) in [6.45, 7) is 8.05. The highest BCUT2D eigenvalue weighted by Crippen LogP contribution is 2.37. The Balaban J connectivity index is 3.01. The van der Waals surface area contributed by atoms with Gasteiger partial charge >= 0.3 is 0 Å². The molecule has 0 bridgehead atoms. The Kier molecular flexibility index (Phi) is 5.64. The molecule has 3 heteroatoms. The van der Waals surface area contributed by atoms with Crippen LogP contribution in [0.3, 0.4) is 0 Å². The third-order valence-corrected chi connectivity index (χ3v) is 3.76. The second kappa shape index (κ2) is 6.78. The van der Waals surface area contributed by atoms with E-state index in [0.717, 1.165) is 11.5 Å². The first-order valence-electron chi connectivity index (χ1n) is 6.91. The number of carbonyl (C=O) groups is 1. The fourth-order valence-electron chi connectivity index (χ4n) is 2.69. The Hall–Kier alpha value is -1.25. The molecule has 0 aliphatic heterocycles. The summed E-state index contributed by atoms with van der Waals surface area (Å²) in [6, 6.07) is 0. The first-order chi connectivity index (χ1) is 8.90. The summed E-state index contributed by atoms with van der Waals surface area (Å²) in [5.41, 5.74) is 0. The van der Waals surface area contributed by atoms with Crippen molar-refractivity contribution in [2.24, 2.45) is 23.7 Å². The molecule has 0 saturated heterocycles. The molecule has 1 aliphatic carbocycles. The van der Waals surface area contributed by atoms with Crippen LogP contribution in [0.4, 0.5) is 0 Å². The van der Waals surface area contributed by atoms with Gasteiger partial charge in [-0.2, -0.15) is 0 Å². The quantitative estimate of drug-likeness (QED) is 0.737. The Morgan fingerprint density at radius 1 is 1.11 bits per heavy atom. The largest absolute Gasteiger partial charge is 0.501 e. The van der Waals surface area contributed by atoms with Crippen molar-refractivity contribution < 1.29 is 14.3 Å². The van der Waals surface area contributed by atoms with Gasteiger partial charge in [0.2, 0.25) is 0 Å². The normalized spacial score (nSPS) is 24.6. The maximum absolute atomic E-state index is 11.3. The molecule has 1 rings (SSSR count). The molecule has 108 valence electrons. The Morgan fingerprint density at radius 3 is 2.00 bits per heavy atom. The molecule has 3 atom stereocenters. The lowest BCUT2D eigenvalue weighted by molar-refractivity contribution is -0.118. The maximum Gasteiger partial charge on any atom is 0.130 e. The standard InChI is InChI=1S/C16H26O3/c1-10(2)13-8-16(19-6)14(9-15(13)18-5)11(3)7-12(4)17/h8-11,13-14H,7H2,1-6H3. The molecule has 0 N–H and O–H groups in total. The molecule has 3 nitrogen and oxygen atoms in total. The van der Waals surface area contributed by atoms with Gasteiger partial charge in [0.15, 0.2) is 0 Å². The average Bonchev–Trinajstić information content (AvgIpc) is 2.35. The number of Topliss-reactive ketones (excluding diaryl/α,β-unsaturated/α-hetero) is 1. The predicted octanol–water partition coefficient (Wildman–Crippen LogP) is 3.56. The van der Waals surface area contributed by atoms with Crippen molar-refractivity contribution in [2.75, 3.05) is 14.2 Å². The van der Waals surface area contributed by atoms with E-state index >= 15 is 0 Å². The predicted molar refractivity (Wildman–Crippen MR) is 76.5 cm³/mol. The third kappa shape index (κ3) is 3.85. The van der Waals surface area contributed by atoms with E-state index < -0.39 is 0 Å². The van der Waals surface area contributed by atoms with E-state index in [4.69, 9.17) is 9.47 Å². The van der Waals surface area contributed by atoms with Crippen molar-refractivity contribution in [3.63, 3.8) is 0 Å². The number of methoxy groups -OCH3 is 2. The van der Waals surface area contributed by atoms with E-state index in [-0.39, 0.29) is 23.5 Å². The summed E-state index contributed by atoms with van der Waals surface area (Å²) < 4.78 is 11.0. The van der Waals surface area contributed by atoms with Crippen LogP contribution in [0.2, 0.25) is 0 Å². The number of ketones is 1. The van der Waals surface area contributed by atoms with Crippen LogP contribution in [-0.4, -0.2) is 20.0 Å². The smallest absolute Gasteiger partial charge is 0.130 e. The maximum atomic E-state index is 11.3. The van der Waals surface area contributed by atoms with Crippen molar-refractivity contribution >= 4 is 5.78 Å². The summed E-state index contributed by atoms with van der Waals surface area (Å²) >= 11 is 0. The molecule has 0 aromatic rings. The van der Waals surface area contributed by atoms with E-state index in [9.17, 15) is 4.79 Å². The van der Waals surface area contributed by atoms with Gasteiger partial charge in [0.05, 0.1) is 25.7 Å². The minimum Gasteiger partial charge on any atom is -0.501 e. The van der Waals surface area contributed by atoms with Crippen LogP contribution < -0.4 is 0 Å². The molecule has 0 amide bonds. The Morgan fingerprint density at radius 2 is 1.58 bits per heavy atom. The monoisotopic (exact) mass is 266 g/mol. The van der Waals surface area contributed by atoms with Gasteiger partial charge in [-0.3, -0.25) is 0 Å². The first-order valence-corrected chi connectivity index (χ1v) is 6.91. The zero-order chi connectivity index (χ0) is 14.6. The van der Waals surface area contributed by atoms with Gasteiger partial charge in [-0.05, 0) is 30.9 Å². The van der Waals surface area contributed by atoms with Crippen LogP contribution in [-0.2, 0) is 14.3 Å². The number of carbonyl (C=O) groups excluding carboxylic acids is 1. The lowest BCUT2D eigenvalue weighted by atomic mass is 9.79. The molecule has 1 aliphatic rings. The molecular weight excluding hydrogens is 240 g/mol. The van der Waals surface area contributed by atoms with E-state index in [1.807, 2.05) is 0 Å². The summed E-state index contributed by atoms with van der Waals surface area (Å²) in [5, 5.41) is 0. The molecule has 19 heavy (non-hydrogen) atoms. The van der Waals surface area contributed by atoms with Crippen LogP contribution in [0.25, 0.3) is 0 Å². The third-order valence-electron chi connectivity index (χ3n) is 3.76. The van der Waals surface area contributed by atoms with Gasteiger partial charge in [0.25, 0.3) is 0 Å². The molecule has 0 spiro atoms. The Labute approximate surface area is 116 Å². The van der Waals surface area contributed by atoms with Crippen molar-refractivity contribution in [1.29, 1.82) is 0 Å². The van der Waals surface area contributed by atoms with Crippen LogP contribution in [0.15, 0.2) is 23.7 Å².